The molecule has 1 aromatic carbocycles. The van der Waals surface area contributed by atoms with Crippen LogP contribution in [0.15, 0.2) is 12.1 Å². The Morgan fingerprint density at radius 2 is 1.75 bits per heavy atom. The number of hydrogen-bond acceptors (Lipinski definition) is 6. The van der Waals surface area contributed by atoms with Crippen molar-refractivity contribution in [2.24, 2.45) is 0 Å². The number of methoxy groups -OCH3 is 3. The second-order valence-corrected chi connectivity index (χ2v) is 6.45. The minimum Gasteiger partial charge on any atom is -0.493 e. The van der Waals surface area contributed by atoms with Gasteiger partial charge in [-0.05, 0) is 19.0 Å². The third kappa shape index (κ3) is 3.61. The summed E-state index contributed by atoms with van der Waals surface area (Å²) in [5.74, 6) is 2.16. The van der Waals surface area contributed by atoms with Crippen LogP contribution in [0.1, 0.15) is 12.0 Å². The summed E-state index contributed by atoms with van der Waals surface area (Å²) < 4.78 is 16.5. The number of ether oxygens (including phenoxy) is 3. The fourth-order valence-corrected chi connectivity index (χ4v) is 3.77. The predicted molar refractivity (Wildman–Crippen MR) is 94.2 cm³/mol. The van der Waals surface area contributed by atoms with Gasteiger partial charge in [0.1, 0.15) is 0 Å². The minimum atomic E-state index is 0.674. The molecular weight excluding hydrogens is 306 g/mol. The number of rotatable bonds is 6. The van der Waals surface area contributed by atoms with Crippen molar-refractivity contribution in [3.05, 3.63) is 17.7 Å². The van der Waals surface area contributed by atoms with Gasteiger partial charge in [0.15, 0.2) is 11.5 Å². The molecule has 0 amide bonds. The molecule has 6 heteroatoms. The molecule has 24 heavy (non-hydrogen) atoms. The van der Waals surface area contributed by atoms with E-state index in [1.54, 1.807) is 21.3 Å². The van der Waals surface area contributed by atoms with E-state index in [1.165, 1.54) is 6.42 Å². The molecule has 2 saturated heterocycles. The fourth-order valence-electron chi connectivity index (χ4n) is 3.77. The summed E-state index contributed by atoms with van der Waals surface area (Å²) in [6, 6.07) is 4.76. The molecule has 2 aliphatic rings. The van der Waals surface area contributed by atoms with Gasteiger partial charge < -0.3 is 19.5 Å². The van der Waals surface area contributed by atoms with Gasteiger partial charge in [0, 0.05) is 50.9 Å². The van der Waals surface area contributed by atoms with Gasteiger partial charge in [-0.15, -0.1) is 0 Å². The van der Waals surface area contributed by atoms with E-state index in [2.05, 4.69) is 21.2 Å². The number of nitrogens with one attached hydrogen (secondary N) is 1. The number of benzene rings is 1. The Morgan fingerprint density at radius 3 is 2.33 bits per heavy atom. The van der Waals surface area contributed by atoms with E-state index >= 15 is 0 Å². The monoisotopic (exact) mass is 335 g/mol. The number of piperazine rings is 1. The molecule has 1 N–H and O–H groups in total. The predicted octanol–water partition coefficient (Wildman–Crippen LogP) is 1.19. The van der Waals surface area contributed by atoms with Crippen LogP contribution in [0.3, 0.4) is 0 Å². The largest absolute Gasteiger partial charge is 0.493 e. The Hall–Kier alpha value is -1.50. The lowest BCUT2D eigenvalue weighted by Crippen LogP contribution is -2.50. The van der Waals surface area contributed by atoms with Gasteiger partial charge in [-0.1, -0.05) is 6.07 Å². The van der Waals surface area contributed by atoms with E-state index in [1.807, 2.05) is 6.07 Å². The fraction of sp³-hybridized carbons (Fsp3) is 0.667. The maximum Gasteiger partial charge on any atom is 0.203 e. The van der Waals surface area contributed by atoms with Crippen molar-refractivity contribution in [1.82, 2.24) is 15.1 Å². The van der Waals surface area contributed by atoms with Gasteiger partial charge in [0.2, 0.25) is 5.75 Å². The average molecular weight is 335 g/mol. The first-order chi connectivity index (χ1) is 11.8. The second-order valence-electron chi connectivity index (χ2n) is 6.45. The topological polar surface area (TPSA) is 46.2 Å². The second kappa shape index (κ2) is 8.05. The molecular formula is C18H29N3O3. The molecule has 2 fully saturated rings. The summed E-state index contributed by atoms with van der Waals surface area (Å²) in [7, 11) is 4.98. The van der Waals surface area contributed by atoms with Crippen LogP contribution < -0.4 is 19.5 Å². The van der Waals surface area contributed by atoms with E-state index in [9.17, 15) is 0 Å². The highest BCUT2D eigenvalue weighted by atomic mass is 16.5. The van der Waals surface area contributed by atoms with Crippen molar-refractivity contribution in [1.29, 1.82) is 0 Å². The standard InChI is InChI=1S/C18H29N3O3/c1-22-16-5-4-14(17(23-2)18(16)24-3)13-20-8-10-21(11-9-20)15-6-7-19-12-15/h4-5,15,19H,6-13H2,1-3H3. The minimum absolute atomic E-state index is 0.674. The highest BCUT2D eigenvalue weighted by molar-refractivity contribution is 5.55. The maximum atomic E-state index is 5.60. The van der Waals surface area contributed by atoms with Gasteiger partial charge >= 0.3 is 0 Å². The number of nitrogens with zero attached hydrogens (tertiary/aromatic N) is 2. The maximum absolute atomic E-state index is 5.60. The number of hydrogen-bond donors (Lipinski definition) is 1. The Kier molecular flexibility index (Phi) is 5.81. The van der Waals surface area contributed by atoms with Crippen molar-refractivity contribution in [3.8, 4) is 17.2 Å². The lowest BCUT2D eigenvalue weighted by Gasteiger charge is -2.38. The molecule has 0 spiro atoms. The van der Waals surface area contributed by atoms with Crippen molar-refractivity contribution in [2.45, 2.75) is 19.0 Å². The van der Waals surface area contributed by atoms with Crippen LogP contribution in [-0.4, -0.2) is 76.4 Å². The first-order valence-electron chi connectivity index (χ1n) is 8.71. The van der Waals surface area contributed by atoms with Gasteiger partial charge in [0.05, 0.1) is 21.3 Å². The third-order valence-electron chi connectivity index (χ3n) is 5.14. The molecule has 0 bridgehead atoms. The Balaban J connectivity index is 1.64. The zero-order chi connectivity index (χ0) is 16.9. The molecule has 0 aromatic heterocycles. The van der Waals surface area contributed by atoms with Crippen molar-refractivity contribution >= 4 is 0 Å². The average Bonchev–Trinajstić information content (AvgIpc) is 3.16. The SMILES string of the molecule is COc1ccc(CN2CCN(C3CCNC3)CC2)c(OC)c1OC. The zero-order valence-corrected chi connectivity index (χ0v) is 15.0. The van der Waals surface area contributed by atoms with Crippen LogP contribution in [0, 0.1) is 0 Å². The van der Waals surface area contributed by atoms with Crippen LogP contribution in [0.25, 0.3) is 0 Å². The van der Waals surface area contributed by atoms with Crippen molar-refractivity contribution in [3.63, 3.8) is 0 Å². The molecule has 1 atom stereocenters. The Labute approximate surface area is 144 Å². The highest BCUT2D eigenvalue weighted by Gasteiger charge is 2.26. The van der Waals surface area contributed by atoms with E-state index < -0.39 is 0 Å². The van der Waals surface area contributed by atoms with E-state index in [0.717, 1.165) is 63.2 Å². The van der Waals surface area contributed by atoms with Crippen LogP contribution in [0.5, 0.6) is 17.2 Å². The molecule has 0 radical (unpaired) electrons. The Morgan fingerprint density at radius 1 is 1.00 bits per heavy atom. The van der Waals surface area contributed by atoms with Crippen molar-refractivity contribution in [2.75, 3.05) is 60.6 Å². The molecule has 1 unspecified atom stereocenters. The lowest BCUT2D eigenvalue weighted by atomic mass is 10.1. The van der Waals surface area contributed by atoms with Crippen LogP contribution >= 0.6 is 0 Å². The van der Waals surface area contributed by atoms with Gasteiger partial charge in [0.25, 0.3) is 0 Å². The summed E-state index contributed by atoms with van der Waals surface area (Å²) in [5, 5.41) is 3.46. The molecule has 134 valence electrons. The van der Waals surface area contributed by atoms with Crippen LogP contribution in [0.2, 0.25) is 0 Å². The third-order valence-corrected chi connectivity index (χ3v) is 5.14. The lowest BCUT2D eigenvalue weighted by molar-refractivity contribution is 0.0975. The first kappa shape index (κ1) is 17.3. The molecule has 2 heterocycles. The first-order valence-corrected chi connectivity index (χ1v) is 8.71. The molecule has 6 nitrogen and oxygen atoms in total. The highest BCUT2D eigenvalue weighted by Crippen LogP contribution is 2.40. The summed E-state index contributed by atoms with van der Waals surface area (Å²) in [4.78, 5) is 5.12. The van der Waals surface area contributed by atoms with Gasteiger partial charge in [-0.2, -0.15) is 0 Å². The summed E-state index contributed by atoms with van der Waals surface area (Å²) in [6.45, 7) is 7.64. The molecule has 1 aromatic rings. The van der Waals surface area contributed by atoms with Crippen LogP contribution in [-0.2, 0) is 6.54 Å². The molecule has 2 aliphatic heterocycles. The van der Waals surface area contributed by atoms with Crippen molar-refractivity contribution < 1.29 is 14.2 Å². The normalized spacial score (nSPS) is 22.5. The van der Waals surface area contributed by atoms with Gasteiger partial charge in [-0.25, -0.2) is 0 Å². The summed E-state index contributed by atoms with van der Waals surface area (Å²) >= 11 is 0. The van der Waals surface area contributed by atoms with E-state index in [-0.39, 0.29) is 0 Å². The molecule has 0 saturated carbocycles. The van der Waals surface area contributed by atoms with Gasteiger partial charge in [-0.3, -0.25) is 9.80 Å². The van der Waals surface area contributed by atoms with Crippen LogP contribution in [0.4, 0.5) is 0 Å². The quantitative estimate of drug-likeness (QED) is 0.843. The molecule has 3 rings (SSSR count). The van der Waals surface area contributed by atoms with E-state index in [0.29, 0.717) is 11.5 Å². The summed E-state index contributed by atoms with van der Waals surface area (Å²) in [5.41, 5.74) is 1.14. The Bertz CT molecular complexity index is 539. The smallest absolute Gasteiger partial charge is 0.203 e. The van der Waals surface area contributed by atoms with E-state index in [4.69, 9.17) is 14.2 Å². The molecule has 0 aliphatic carbocycles. The zero-order valence-electron chi connectivity index (χ0n) is 15.0. The summed E-state index contributed by atoms with van der Waals surface area (Å²) in [6.07, 6.45) is 1.28.